The van der Waals surface area contributed by atoms with Crippen molar-refractivity contribution in [2.24, 2.45) is 0 Å². The molecule has 1 aromatic heterocycles. The van der Waals surface area contributed by atoms with Gasteiger partial charge in [-0.05, 0) is 24.6 Å². The topological polar surface area (TPSA) is 42.0 Å². The Bertz CT molecular complexity index is 543. The summed E-state index contributed by atoms with van der Waals surface area (Å²) in [6.07, 6.45) is 1.56. The fraction of sp³-hybridized carbons (Fsp3) is 0.143. The Morgan fingerprint density at radius 2 is 2.00 bits per heavy atom. The molecule has 0 bridgehead atoms. The second-order valence-corrected chi connectivity index (χ2v) is 4.38. The smallest absolute Gasteiger partial charge is 0.231 e. The Kier molecular flexibility index (Phi) is 3.95. The first kappa shape index (κ1) is 12.6. The largest absolute Gasteiger partial charge is 0.325 e. The molecule has 1 atom stereocenters. The van der Waals surface area contributed by atoms with Crippen LogP contribution >= 0.6 is 11.6 Å². The van der Waals surface area contributed by atoms with Crippen molar-refractivity contribution in [2.45, 2.75) is 12.8 Å². The van der Waals surface area contributed by atoms with Crippen molar-refractivity contribution >= 4 is 23.2 Å². The lowest BCUT2D eigenvalue weighted by Gasteiger charge is -2.12. The molecular formula is C14H13ClN2O. The first-order chi connectivity index (χ1) is 8.66. The first-order valence-corrected chi connectivity index (χ1v) is 6.02. The van der Waals surface area contributed by atoms with E-state index in [0.717, 1.165) is 5.56 Å². The maximum Gasteiger partial charge on any atom is 0.231 e. The molecular weight excluding hydrogens is 248 g/mol. The number of anilines is 1. The summed E-state index contributed by atoms with van der Waals surface area (Å²) in [6.45, 7) is 1.87. The van der Waals surface area contributed by atoms with E-state index in [2.05, 4.69) is 10.3 Å². The van der Waals surface area contributed by atoms with Gasteiger partial charge >= 0.3 is 0 Å². The van der Waals surface area contributed by atoms with Crippen LogP contribution in [0.2, 0.25) is 5.15 Å². The van der Waals surface area contributed by atoms with E-state index in [1.165, 1.54) is 0 Å². The molecule has 1 heterocycles. The maximum atomic E-state index is 12.0. The first-order valence-electron chi connectivity index (χ1n) is 5.64. The average molecular weight is 261 g/mol. The molecule has 0 spiro atoms. The number of aromatic nitrogens is 1. The van der Waals surface area contributed by atoms with Crippen molar-refractivity contribution < 1.29 is 4.79 Å². The molecule has 18 heavy (non-hydrogen) atoms. The molecule has 1 N–H and O–H groups in total. The zero-order valence-corrected chi connectivity index (χ0v) is 10.7. The molecule has 2 aromatic rings. The van der Waals surface area contributed by atoms with E-state index in [1.54, 1.807) is 18.3 Å². The molecule has 1 aromatic carbocycles. The zero-order chi connectivity index (χ0) is 13.0. The van der Waals surface area contributed by atoms with E-state index in [9.17, 15) is 4.79 Å². The summed E-state index contributed by atoms with van der Waals surface area (Å²) >= 11 is 5.76. The maximum absolute atomic E-state index is 12.0. The highest BCUT2D eigenvalue weighted by Crippen LogP contribution is 2.18. The highest BCUT2D eigenvalue weighted by Gasteiger charge is 2.14. The molecule has 0 aliphatic rings. The Morgan fingerprint density at radius 3 is 2.67 bits per heavy atom. The number of rotatable bonds is 3. The van der Waals surface area contributed by atoms with Crippen LogP contribution < -0.4 is 5.32 Å². The molecule has 1 amide bonds. The van der Waals surface area contributed by atoms with E-state index < -0.39 is 0 Å². The van der Waals surface area contributed by atoms with E-state index in [1.807, 2.05) is 37.3 Å². The molecule has 2 rings (SSSR count). The van der Waals surface area contributed by atoms with Crippen LogP contribution in [0.15, 0.2) is 48.7 Å². The van der Waals surface area contributed by atoms with Gasteiger partial charge in [0.15, 0.2) is 0 Å². The normalized spacial score (nSPS) is 11.9. The summed E-state index contributed by atoms with van der Waals surface area (Å²) in [6, 6.07) is 13.0. The van der Waals surface area contributed by atoms with Gasteiger partial charge < -0.3 is 5.32 Å². The highest BCUT2D eigenvalue weighted by atomic mass is 35.5. The van der Waals surface area contributed by atoms with Gasteiger partial charge in [0.05, 0.1) is 5.92 Å². The van der Waals surface area contributed by atoms with Crippen LogP contribution in [0.4, 0.5) is 5.69 Å². The summed E-state index contributed by atoms with van der Waals surface area (Å²) in [5.41, 5.74) is 1.64. The van der Waals surface area contributed by atoms with Gasteiger partial charge in [-0.2, -0.15) is 0 Å². The standard InChI is InChI=1S/C14H13ClN2O/c1-10(11-5-3-2-4-6-11)14(18)17-12-7-8-16-13(15)9-12/h2-10H,1H3,(H,16,17,18). The summed E-state index contributed by atoms with van der Waals surface area (Å²) in [5, 5.41) is 3.18. The lowest BCUT2D eigenvalue weighted by Crippen LogP contribution is -2.18. The Balaban J connectivity index is 2.09. The van der Waals surface area contributed by atoms with Crippen LogP contribution in [-0.2, 0) is 4.79 Å². The third-order valence-electron chi connectivity index (χ3n) is 2.69. The number of carbonyl (C=O) groups is 1. The van der Waals surface area contributed by atoms with Crippen LogP contribution in [0.25, 0.3) is 0 Å². The fourth-order valence-electron chi connectivity index (χ4n) is 1.62. The second kappa shape index (κ2) is 5.65. The van der Waals surface area contributed by atoms with Crippen molar-refractivity contribution in [3.8, 4) is 0 Å². The third kappa shape index (κ3) is 3.08. The molecule has 92 valence electrons. The van der Waals surface area contributed by atoms with Gasteiger partial charge in [0, 0.05) is 11.9 Å². The Labute approximate surface area is 111 Å². The van der Waals surface area contributed by atoms with Crippen LogP contribution in [-0.4, -0.2) is 10.9 Å². The number of nitrogens with zero attached hydrogens (tertiary/aromatic N) is 1. The quantitative estimate of drug-likeness (QED) is 0.859. The lowest BCUT2D eigenvalue weighted by atomic mass is 10.0. The molecule has 0 radical (unpaired) electrons. The second-order valence-electron chi connectivity index (χ2n) is 3.99. The predicted molar refractivity (Wildman–Crippen MR) is 72.7 cm³/mol. The molecule has 1 unspecified atom stereocenters. The molecule has 0 fully saturated rings. The van der Waals surface area contributed by atoms with Gasteiger partial charge in [0.25, 0.3) is 0 Å². The van der Waals surface area contributed by atoms with Gasteiger partial charge in [-0.25, -0.2) is 4.98 Å². The van der Waals surface area contributed by atoms with E-state index >= 15 is 0 Å². The van der Waals surface area contributed by atoms with Crippen molar-refractivity contribution in [3.05, 3.63) is 59.4 Å². The summed E-state index contributed by atoms with van der Waals surface area (Å²) in [5.74, 6) is -0.276. The number of pyridine rings is 1. The number of halogens is 1. The average Bonchev–Trinajstić information content (AvgIpc) is 2.39. The minimum absolute atomic E-state index is 0.0662. The van der Waals surface area contributed by atoms with E-state index in [-0.39, 0.29) is 11.8 Å². The van der Waals surface area contributed by atoms with Gasteiger partial charge in [-0.1, -0.05) is 41.9 Å². The van der Waals surface area contributed by atoms with Crippen molar-refractivity contribution in [2.75, 3.05) is 5.32 Å². The number of amides is 1. The SMILES string of the molecule is CC(C(=O)Nc1ccnc(Cl)c1)c1ccccc1. The number of nitrogens with one attached hydrogen (secondary N) is 1. The number of carbonyl (C=O) groups excluding carboxylic acids is 1. The van der Waals surface area contributed by atoms with Crippen LogP contribution in [0.1, 0.15) is 18.4 Å². The predicted octanol–water partition coefficient (Wildman–Crippen LogP) is 3.48. The van der Waals surface area contributed by atoms with Crippen molar-refractivity contribution in [1.82, 2.24) is 4.98 Å². The summed E-state index contributed by atoms with van der Waals surface area (Å²) < 4.78 is 0. The molecule has 0 aliphatic carbocycles. The number of hydrogen-bond acceptors (Lipinski definition) is 2. The summed E-state index contributed by atoms with van der Waals surface area (Å²) in [4.78, 5) is 15.9. The molecule has 4 heteroatoms. The van der Waals surface area contributed by atoms with Crippen molar-refractivity contribution in [3.63, 3.8) is 0 Å². The monoisotopic (exact) mass is 260 g/mol. The fourth-order valence-corrected chi connectivity index (χ4v) is 1.80. The van der Waals surface area contributed by atoms with E-state index in [0.29, 0.717) is 10.8 Å². The highest BCUT2D eigenvalue weighted by molar-refractivity contribution is 6.29. The van der Waals surface area contributed by atoms with Crippen LogP contribution in [0.3, 0.4) is 0 Å². The van der Waals surface area contributed by atoms with E-state index in [4.69, 9.17) is 11.6 Å². The number of hydrogen-bond donors (Lipinski definition) is 1. The number of benzene rings is 1. The Morgan fingerprint density at radius 1 is 1.28 bits per heavy atom. The van der Waals surface area contributed by atoms with Crippen LogP contribution in [0, 0.1) is 0 Å². The van der Waals surface area contributed by atoms with Gasteiger partial charge in [-0.3, -0.25) is 4.79 Å². The molecule has 0 saturated carbocycles. The van der Waals surface area contributed by atoms with Crippen molar-refractivity contribution in [1.29, 1.82) is 0 Å². The zero-order valence-electron chi connectivity index (χ0n) is 9.93. The van der Waals surface area contributed by atoms with Gasteiger partial charge in [0.2, 0.25) is 5.91 Å². The Hall–Kier alpha value is -1.87. The molecule has 0 saturated heterocycles. The van der Waals surface area contributed by atoms with Gasteiger partial charge in [0.1, 0.15) is 5.15 Å². The molecule has 3 nitrogen and oxygen atoms in total. The minimum Gasteiger partial charge on any atom is -0.325 e. The molecule has 0 aliphatic heterocycles. The van der Waals surface area contributed by atoms with Crippen LogP contribution in [0.5, 0.6) is 0 Å². The third-order valence-corrected chi connectivity index (χ3v) is 2.89. The van der Waals surface area contributed by atoms with Gasteiger partial charge in [-0.15, -0.1) is 0 Å². The summed E-state index contributed by atoms with van der Waals surface area (Å²) in [7, 11) is 0. The minimum atomic E-state index is -0.210. The lowest BCUT2D eigenvalue weighted by molar-refractivity contribution is -0.117.